The third kappa shape index (κ3) is 2.96. The molecule has 2 aliphatic heterocycles. The summed E-state index contributed by atoms with van der Waals surface area (Å²) < 4.78 is 11.6. The van der Waals surface area contributed by atoms with Crippen molar-refractivity contribution in [1.29, 1.82) is 0 Å². The molecule has 1 aromatic heterocycles. The Morgan fingerprint density at radius 3 is 2.71 bits per heavy atom. The number of furan rings is 1. The monoisotopic (exact) mass is 323 g/mol. The van der Waals surface area contributed by atoms with Crippen molar-refractivity contribution in [2.75, 3.05) is 13.1 Å². The minimum atomic E-state index is -0.101. The van der Waals surface area contributed by atoms with Crippen LogP contribution in [-0.2, 0) is 11.2 Å². The highest BCUT2D eigenvalue weighted by molar-refractivity contribution is 5.91. The number of hydrogen-bond acceptors (Lipinski definition) is 3. The summed E-state index contributed by atoms with van der Waals surface area (Å²) in [5, 5.41) is 0. The minimum Gasteiger partial charge on any atom is -0.487 e. The molecule has 4 rings (SSSR count). The molecule has 3 heterocycles. The van der Waals surface area contributed by atoms with Gasteiger partial charge in [-0.3, -0.25) is 4.79 Å². The van der Waals surface area contributed by atoms with Gasteiger partial charge in [0.2, 0.25) is 5.91 Å². The molecule has 0 radical (unpaired) electrons. The van der Waals surface area contributed by atoms with Crippen LogP contribution in [0.1, 0.15) is 30.6 Å². The van der Waals surface area contributed by atoms with Crippen LogP contribution in [0.2, 0.25) is 0 Å². The van der Waals surface area contributed by atoms with Crippen LogP contribution in [0, 0.1) is 0 Å². The van der Waals surface area contributed by atoms with Crippen molar-refractivity contribution in [2.24, 2.45) is 0 Å². The number of benzene rings is 1. The maximum absolute atomic E-state index is 12.3. The average Bonchev–Trinajstić information content (AvgIpc) is 3.14. The first-order chi connectivity index (χ1) is 11.7. The number of carbonyl (C=O) groups is 1. The summed E-state index contributed by atoms with van der Waals surface area (Å²) >= 11 is 0. The molecule has 0 unspecified atom stereocenters. The van der Waals surface area contributed by atoms with Gasteiger partial charge in [0.1, 0.15) is 17.1 Å². The van der Waals surface area contributed by atoms with Crippen LogP contribution in [0.4, 0.5) is 0 Å². The second kappa shape index (κ2) is 6.19. The summed E-state index contributed by atoms with van der Waals surface area (Å²) in [5.41, 5.74) is 1.19. The summed E-state index contributed by atoms with van der Waals surface area (Å²) in [5.74, 6) is 1.75. The van der Waals surface area contributed by atoms with Gasteiger partial charge in [-0.1, -0.05) is 18.2 Å². The summed E-state index contributed by atoms with van der Waals surface area (Å²) in [6, 6.07) is 11.9. The number of amides is 1. The number of aryl methyl sites for hydroxylation is 1. The van der Waals surface area contributed by atoms with Gasteiger partial charge in [0, 0.05) is 32.0 Å². The molecular formula is C20H21NO3. The fourth-order valence-corrected chi connectivity index (χ4v) is 3.59. The van der Waals surface area contributed by atoms with Gasteiger partial charge in [-0.25, -0.2) is 0 Å². The topological polar surface area (TPSA) is 42.7 Å². The Balaban J connectivity index is 1.38. The number of likely N-dealkylation sites (tertiary alicyclic amines) is 1. The lowest BCUT2D eigenvalue weighted by Crippen LogP contribution is -2.50. The molecule has 0 saturated carbocycles. The number of carbonyl (C=O) groups excluding carboxylic acids is 1. The molecule has 1 aromatic carbocycles. The number of nitrogens with zero attached hydrogens (tertiary/aromatic N) is 1. The lowest BCUT2D eigenvalue weighted by Gasteiger charge is -2.44. The summed E-state index contributed by atoms with van der Waals surface area (Å²) in [6.07, 6.45) is 8.79. The largest absolute Gasteiger partial charge is 0.487 e. The Labute approximate surface area is 141 Å². The molecule has 0 aliphatic carbocycles. The van der Waals surface area contributed by atoms with Crippen LogP contribution in [-0.4, -0.2) is 29.5 Å². The Kier molecular flexibility index (Phi) is 3.89. The Morgan fingerprint density at radius 2 is 1.92 bits per heavy atom. The number of rotatable bonds is 2. The van der Waals surface area contributed by atoms with Crippen molar-refractivity contribution >= 4 is 12.0 Å². The zero-order valence-corrected chi connectivity index (χ0v) is 13.6. The summed E-state index contributed by atoms with van der Waals surface area (Å²) in [4.78, 5) is 14.2. The van der Waals surface area contributed by atoms with E-state index in [9.17, 15) is 4.79 Å². The molecule has 1 saturated heterocycles. The van der Waals surface area contributed by atoms with E-state index in [0.29, 0.717) is 5.76 Å². The van der Waals surface area contributed by atoms with Crippen molar-refractivity contribution in [3.8, 4) is 5.75 Å². The molecule has 124 valence electrons. The first kappa shape index (κ1) is 15.1. The van der Waals surface area contributed by atoms with Gasteiger partial charge in [0.05, 0.1) is 6.26 Å². The van der Waals surface area contributed by atoms with E-state index in [1.807, 2.05) is 23.1 Å². The van der Waals surface area contributed by atoms with E-state index < -0.39 is 0 Å². The molecule has 1 spiro atoms. The number of hydrogen-bond donors (Lipinski definition) is 0. The number of fused-ring (bicyclic) bond motifs is 1. The molecule has 2 aromatic rings. The van der Waals surface area contributed by atoms with Crippen molar-refractivity contribution in [3.05, 3.63) is 60.1 Å². The lowest BCUT2D eigenvalue weighted by molar-refractivity contribution is -0.129. The van der Waals surface area contributed by atoms with Gasteiger partial charge < -0.3 is 14.1 Å². The highest BCUT2D eigenvalue weighted by atomic mass is 16.5. The van der Waals surface area contributed by atoms with E-state index >= 15 is 0 Å². The fraction of sp³-hybridized carbons (Fsp3) is 0.350. The fourth-order valence-electron chi connectivity index (χ4n) is 3.59. The first-order valence-corrected chi connectivity index (χ1v) is 8.52. The van der Waals surface area contributed by atoms with Crippen LogP contribution in [0.15, 0.2) is 53.2 Å². The van der Waals surface area contributed by atoms with E-state index in [1.165, 1.54) is 5.56 Å². The van der Waals surface area contributed by atoms with Crippen molar-refractivity contribution < 1.29 is 13.9 Å². The molecule has 0 N–H and O–H groups in total. The second-order valence-electron chi connectivity index (χ2n) is 6.57. The van der Waals surface area contributed by atoms with Crippen LogP contribution in [0.25, 0.3) is 6.08 Å². The van der Waals surface area contributed by atoms with Gasteiger partial charge in [0.15, 0.2) is 0 Å². The molecule has 0 atom stereocenters. The molecule has 4 heteroatoms. The molecule has 1 amide bonds. The number of para-hydroxylation sites is 1. The van der Waals surface area contributed by atoms with E-state index in [0.717, 1.165) is 44.5 Å². The molecule has 1 fully saturated rings. The molecular weight excluding hydrogens is 302 g/mol. The molecule has 24 heavy (non-hydrogen) atoms. The highest BCUT2D eigenvalue weighted by Gasteiger charge is 2.39. The standard InChI is InChI=1S/C20H21NO3/c22-19(8-7-17-5-3-15-23-17)21-13-11-20(12-14-21)10-9-16-4-1-2-6-18(16)24-20/h1-8,15H,9-14H2/b8-7+. The van der Waals surface area contributed by atoms with Crippen molar-refractivity contribution in [1.82, 2.24) is 4.90 Å². The second-order valence-corrected chi connectivity index (χ2v) is 6.57. The van der Waals surface area contributed by atoms with E-state index in [4.69, 9.17) is 9.15 Å². The van der Waals surface area contributed by atoms with Gasteiger partial charge in [0.25, 0.3) is 0 Å². The normalized spacial score (nSPS) is 19.2. The highest BCUT2D eigenvalue weighted by Crippen LogP contribution is 2.39. The zero-order valence-electron chi connectivity index (χ0n) is 13.6. The Hall–Kier alpha value is -2.49. The molecule has 2 aliphatic rings. The Bertz CT molecular complexity index is 740. The van der Waals surface area contributed by atoms with E-state index in [2.05, 4.69) is 18.2 Å². The maximum Gasteiger partial charge on any atom is 0.246 e. The third-order valence-electron chi connectivity index (χ3n) is 5.07. The quantitative estimate of drug-likeness (QED) is 0.792. The smallest absolute Gasteiger partial charge is 0.246 e. The predicted molar refractivity (Wildman–Crippen MR) is 91.7 cm³/mol. The van der Waals surface area contributed by atoms with Gasteiger partial charge >= 0.3 is 0 Å². The predicted octanol–water partition coefficient (Wildman–Crippen LogP) is 3.68. The first-order valence-electron chi connectivity index (χ1n) is 8.52. The molecule has 0 bridgehead atoms. The van der Waals surface area contributed by atoms with Crippen molar-refractivity contribution in [2.45, 2.75) is 31.3 Å². The maximum atomic E-state index is 12.3. The van der Waals surface area contributed by atoms with E-state index in [1.54, 1.807) is 18.4 Å². The lowest BCUT2D eigenvalue weighted by atomic mass is 9.83. The number of piperidine rings is 1. The third-order valence-corrected chi connectivity index (χ3v) is 5.07. The average molecular weight is 323 g/mol. The van der Waals surface area contributed by atoms with E-state index in [-0.39, 0.29) is 11.5 Å². The summed E-state index contributed by atoms with van der Waals surface area (Å²) in [7, 11) is 0. The van der Waals surface area contributed by atoms with Gasteiger partial charge in [-0.2, -0.15) is 0 Å². The minimum absolute atomic E-state index is 0.0393. The summed E-state index contributed by atoms with van der Waals surface area (Å²) in [6.45, 7) is 1.48. The van der Waals surface area contributed by atoms with Crippen molar-refractivity contribution in [3.63, 3.8) is 0 Å². The van der Waals surface area contributed by atoms with Crippen LogP contribution >= 0.6 is 0 Å². The van der Waals surface area contributed by atoms with Crippen LogP contribution < -0.4 is 4.74 Å². The zero-order chi connectivity index (χ0) is 16.4. The van der Waals surface area contributed by atoms with Crippen LogP contribution in [0.5, 0.6) is 5.75 Å². The van der Waals surface area contributed by atoms with Gasteiger partial charge in [-0.05, 0) is 42.7 Å². The molecule has 4 nitrogen and oxygen atoms in total. The number of ether oxygens (including phenoxy) is 1. The SMILES string of the molecule is O=C(/C=C/c1ccco1)N1CCC2(CCc3ccccc3O2)CC1. The van der Waals surface area contributed by atoms with Crippen LogP contribution in [0.3, 0.4) is 0 Å². The van der Waals surface area contributed by atoms with Gasteiger partial charge in [-0.15, -0.1) is 0 Å². The Morgan fingerprint density at radius 1 is 1.08 bits per heavy atom.